The molecule has 0 rings (SSSR count). The van der Waals surface area contributed by atoms with E-state index in [1.54, 1.807) is 0 Å². The zero-order chi connectivity index (χ0) is 10.6. The molecule has 0 saturated heterocycles. The molecule has 0 aromatic heterocycles. The fourth-order valence-electron chi connectivity index (χ4n) is 0.959. The number of halogens is 1. The van der Waals surface area contributed by atoms with Gasteiger partial charge in [-0.25, -0.2) is 0 Å². The molecule has 0 aliphatic carbocycles. The zero-order valence-corrected chi connectivity index (χ0v) is 10.3. The van der Waals surface area contributed by atoms with E-state index in [1.165, 1.54) is 0 Å². The van der Waals surface area contributed by atoms with E-state index in [2.05, 4.69) is 12.2 Å². The van der Waals surface area contributed by atoms with E-state index in [-0.39, 0.29) is 24.9 Å². The Kier molecular flexibility index (Phi) is 15.6. The summed E-state index contributed by atoms with van der Waals surface area (Å²) in [6.45, 7) is 4.33. The lowest BCUT2D eigenvalue weighted by Crippen LogP contribution is -2.28. The Morgan fingerprint density at radius 3 is 2.67 bits per heavy atom. The lowest BCUT2D eigenvalue weighted by Gasteiger charge is -2.05. The normalized spacial score (nSPS) is 9.47. The van der Waals surface area contributed by atoms with Crippen molar-refractivity contribution in [2.24, 2.45) is 5.73 Å². The van der Waals surface area contributed by atoms with Crippen LogP contribution in [0.3, 0.4) is 0 Å². The predicted octanol–water partition coefficient (Wildman–Crippen LogP) is 1.08. The van der Waals surface area contributed by atoms with Crippen LogP contribution in [0, 0.1) is 0 Å². The van der Waals surface area contributed by atoms with Crippen molar-refractivity contribution in [1.82, 2.24) is 5.32 Å². The summed E-state index contributed by atoms with van der Waals surface area (Å²) >= 11 is 0. The van der Waals surface area contributed by atoms with E-state index in [4.69, 9.17) is 10.5 Å². The molecule has 0 aromatic carbocycles. The van der Waals surface area contributed by atoms with E-state index in [1.807, 2.05) is 0 Å². The highest BCUT2D eigenvalue weighted by molar-refractivity contribution is 5.85. The summed E-state index contributed by atoms with van der Waals surface area (Å²) in [7, 11) is 0. The van der Waals surface area contributed by atoms with E-state index < -0.39 is 0 Å². The second-order valence-corrected chi connectivity index (χ2v) is 3.25. The molecular formula is C10H23ClN2O2. The third-order valence-corrected chi connectivity index (χ3v) is 1.83. The number of hydrogen-bond acceptors (Lipinski definition) is 3. The maximum Gasteiger partial charge on any atom is 0.245 e. The molecule has 0 bridgehead atoms. The maximum absolute atomic E-state index is 11.1. The molecule has 0 atom stereocenters. The number of unbranched alkanes of at least 4 members (excludes halogenated alkanes) is 2. The van der Waals surface area contributed by atoms with Crippen LogP contribution in [0.4, 0.5) is 0 Å². The van der Waals surface area contributed by atoms with Crippen LogP contribution in [0.1, 0.15) is 32.6 Å². The average Bonchev–Trinajstić information content (AvgIpc) is 2.19. The predicted molar refractivity (Wildman–Crippen MR) is 64.3 cm³/mol. The van der Waals surface area contributed by atoms with Crippen LogP contribution >= 0.6 is 12.4 Å². The van der Waals surface area contributed by atoms with Crippen molar-refractivity contribution >= 4 is 18.3 Å². The minimum absolute atomic E-state index is 0. The van der Waals surface area contributed by atoms with Crippen molar-refractivity contribution in [1.29, 1.82) is 0 Å². The Labute approximate surface area is 98.3 Å². The summed E-state index contributed by atoms with van der Waals surface area (Å²) in [5, 5.41) is 2.77. The van der Waals surface area contributed by atoms with Gasteiger partial charge in [-0.1, -0.05) is 13.3 Å². The van der Waals surface area contributed by atoms with Crippen molar-refractivity contribution in [3.05, 3.63) is 0 Å². The van der Waals surface area contributed by atoms with Crippen molar-refractivity contribution in [2.45, 2.75) is 32.6 Å². The Balaban J connectivity index is 0. The van der Waals surface area contributed by atoms with E-state index >= 15 is 0 Å². The van der Waals surface area contributed by atoms with Gasteiger partial charge in [0.05, 0.1) is 0 Å². The molecule has 3 N–H and O–H groups in total. The van der Waals surface area contributed by atoms with Crippen LogP contribution in [-0.2, 0) is 9.53 Å². The molecule has 0 aromatic rings. The van der Waals surface area contributed by atoms with Crippen LogP contribution in [0.15, 0.2) is 0 Å². The van der Waals surface area contributed by atoms with Gasteiger partial charge in [0.1, 0.15) is 6.61 Å². The molecular weight excluding hydrogens is 216 g/mol. The highest BCUT2D eigenvalue weighted by Crippen LogP contribution is 1.87. The van der Waals surface area contributed by atoms with E-state index in [0.717, 1.165) is 25.7 Å². The van der Waals surface area contributed by atoms with Crippen LogP contribution < -0.4 is 11.1 Å². The molecule has 0 spiro atoms. The topological polar surface area (TPSA) is 64.3 Å². The van der Waals surface area contributed by atoms with Crippen molar-refractivity contribution < 1.29 is 9.53 Å². The number of amides is 1. The Bertz CT molecular complexity index is 131. The van der Waals surface area contributed by atoms with Crippen molar-refractivity contribution in [3.8, 4) is 0 Å². The summed E-state index contributed by atoms with van der Waals surface area (Å²) in [6, 6.07) is 0. The van der Waals surface area contributed by atoms with Crippen LogP contribution in [0.5, 0.6) is 0 Å². The van der Waals surface area contributed by atoms with Crippen molar-refractivity contribution in [2.75, 3.05) is 26.3 Å². The van der Waals surface area contributed by atoms with Gasteiger partial charge in [-0.15, -0.1) is 12.4 Å². The minimum atomic E-state index is -0.0295. The van der Waals surface area contributed by atoms with Gasteiger partial charge in [-0.2, -0.15) is 0 Å². The molecule has 4 nitrogen and oxygen atoms in total. The fraction of sp³-hybridized carbons (Fsp3) is 0.900. The van der Waals surface area contributed by atoms with Crippen molar-refractivity contribution in [3.63, 3.8) is 0 Å². The highest BCUT2D eigenvalue weighted by atomic mass is 35.5. The number of ether oxygens (including phenoxy) is 1. The first kappa shape index (κ1) is 17.1. The first-order valence-corrected chi connectivity index (χ1v) is 5.35. The monoisotopic (exact) mass is 238 g/mol. The van der Waals surface area contributed by atoms with E-state index in [0.29, 0.717) is 19.7 Å². The smallest absolute Gasteiger partial charge is 0.245 e. The minimum Gasteiger partial charge on any atom is -0.372 e. The zero-order valence-electron chi connectivity index (χ0n) is 9.46. The second-order valence-electron chi connectivity index (χ2n) is 3.25. The van der Waals surface area contributed by atoms with Gasteiger partial charge in [0, 0.05) is 13.2 Å². The van der Waals surface area contributed by atoms with Gasteiger partial charge in [0.15, 0.2) is 0 Å². The third-order valence-electron chi connectivity index (χ3n) is 1.83. The van der Waals surface area contributed by atoms with Gasteiger partial charge in [-0.05, 0) is 25.8 Å². The number of carbonyl (C=O) groups is 1. The van der Waals surface area contributed by atoms with E-state index in [9.17, 15) is 4.79 Å². The Morgan fingerprint density at radius 2 is 2.07 bits per heavy atom. The summed E-state index contributed by atoms with van der Waals surface area (Å²) in [6.07, 6.45) is 4.01. The summed E-state index contributed by atoms with van der Waals surface area (Å²) in [4.78, 5) is 11.1. The van der Waals surface area contributed by atoms with Crippen LogP contribution in [0.2, 0.25) is 0 Å². The molecule has 92 valence electrons. The largest absolute Gasteiger partial charge is 0.372 e. The van der Waals surface area contributed by atoms with Gasteiger partial charge in [0.25, 0.3) is 0 Å². The first-order chi connectivity index (χ1) is 6.81. The molecule has 1 amide bonds. The molecule has 0 heterocycles. The molecule has 0 fully saturated rings. The molecule has 0 aliphatic rings. The molecule has 0 radical (unpaired) electrons. The number of hydrogen-bond donors (Lipinski definition) is 2. The molecule has 15 heavy (non-hydrogen) atoms. The molecule has 0 aliphatic heterocycles. The van der Waals surface area contributed by atoms with Crippen LogP contribution in [0.25, 0.3) is 0 Å². The summed E-state index contributed by atoms with van der Waals surface area (Å²) < 4.78 is 5.16. The van der Waals surface area contributed by atoms with Gasteiger partial charge >= 0.3 is 0 Å². The first-order valence-electron chi connectivity index (χ1n) is 5.35. The number of carbonyl (C=O) groups excluding carboxylic acids is 1. The Hall–Kier alpha value is -0.320. The SMILES string of the molecule is CCCCOCC(=O)NCCCCN.Cl. The second kappa shape index (κ2) is 13.7. The third kappa shape index (κ3) is 13.7. The quantitative estimate of drug-likeness (QED) is 0.591. The number of nitrogens with one attached hydrogen (secondary N) is 1. The average molecular weight is 239 g/mol. The lowest BCUT2D eigenvalue weighted by atomic mass is 10.3. The molecule has 0 unspecified atom stereocenters. The number of nitrogens with two attached hydrogens (primary N) is 1. The summed E-state index contributed by atoms with van der Waals surface area (Å²) in [5.74, 6) is -0.0295. The van der Waals surface area contributed by atoms with Gasteiger partial charge in [-0.3, -0.25) is 4.79 Å². The fourth-order valence-corrected chi connectivity index (χ4v) is 0.959. The number of rotatable bonds is 9. The van der Waals surface area contributed by atoms with Gasteiger partial charge in [0.2, 0.25) is 5.91 Å². The summed E-state index contributed by atoms with van der Waals surface area (Å²) in [5.41, 5.74) is 5.32. The van der Waals surface area contributed by atoms with Gasteiger partial charge < -0.3 is 15.8 Å². The molecule has 5 heteroatoms. The lowest BCUT2D eigenvalue weighted by molar-refractivity contribution is -0.125. The maximum atomic E-state index is 11.1. The Morgan fingerprint density at radius 1 is 1.33 bits per heavy atom. The van der Waals surface area contributed by atoms with Crippen LogP contribution in [-0.4, -0.2) is 32.2 Å². The highest BCUT2D eigenvalue weighted by Gasteiger charge is 1.99. The standard InChI is InChI=1S/C10H22N2O2.ClH/c1-2-3-8-14-9-10(13)12-7-5-4-6-11;/h2-9,11H2,1H3,(H,12,13);1H. The molecule has 0 saturated carbocycles.